The summed E-state index contributed by atoms with van der Waals surface area (Å²) in [4.78, 5) is 0. The SMILES string of the molecule is CCc1ccc(C(C)(O)C(C)CN)cc1. The molecule has 1 aromatic rings. The summed E-state index contributed by atoms with van der Waals surface area (Å²) in [7, 11) is 0. The molecule has 1 aromatic carbocycles. The molecule has 15 heavy (non-hydrogen) atoms. The van der Waals surface area contributed by atoms with Crippen LogP contribution in [0.2, 0.25) is 0 Å². The van der Waals surface area contributed by atoms with Crippen molar-refractivity contribution in [2.45, 2.75) is 32.8 Å². The molecule has 3 N–H and O–H groups in total. The molecule has 0 aliphatic rings. The van der Waals surface area contributed by atoms with Gasteiger partial charge in [0.15, 0.2) is 0 Å². The maximum Gasteiger partial charge on any atom is 0.0905 e. The van der Waals surface area contributed by atoms with Crippen LogP contribution < -0.4 is 5.73 Å². The molecule has 0 aromatic heterocycles. The lowest BCUT2D eigenvalue weighted by Gasteiger charge is -2.30. The van der Waals surface area contributed by atoms with E-state index in [4.69, 9.17) is 5.73 Å². The van der Waals surface area contributed by atoms with Gasteiger partial charge in [-0.25, -0.2) is 0 Å². The average molecular weight is 207 g/mol. The molecule has 0 saturated carbocycles. The van der Waals surface area contributed by atoms with Crippen molar-refractivity contribution in [2.75, 3.05) is 6.54 Å². The second kappa shape index (κ2) is 4.77. The van der Waals surface area contributed by atoms with Gasteiger partial charge in [-0.15, -0.1) is 0 Å². The van der Waals surface area contributed by atoms with Crippen LogP contribution in [0.3, 0.4) is 0 Å². The first-order valence-corrected chi connectivity index (χ1v) is 5.54. The highest BCUT2D eigenvalue weighted by Crippen LogP contribution is 2.28. The summed E-state index contributed by atoms with van der Waals surface area (Å²) in [5.41, 5.74) is 6.99. The number of benzene rings is 1. The number of hydrogen-bond acceptors (Lipinski definition) is 2. The Morgan fingerprint density at radius 2 is 1.87 bits per heavy atom. The van der Waals surface area contributed by atoms with Crippen LogP contribution in [0.4, 0.5) is 0 Å². The van der Waals surface area contributed by atoms with E-state index >= 15 is 0 Å². The predicted molar refractivity (Wildman–Crippen MR) is 63.6 cm³/mol. The second-order valence-electron chi connectivity index (χ2n) is 4.33. The lowest BCUT2D eigenvalue weighted by Crippen LogP contribution is -2.34. The van der Waals surface area contributed by atoms with Gasteiger partial charge in [0.2, 0.25) is 0 Å². The van der Waals surface area contributed by atoms with Crippen LogP contribution in [-0.4, -0.2) is 11.7 Å². The Balaban J connectivity index is 2.94. The van der Waals surface area contributed by atoms with Crippen molar-refractivity contribution in [1.29, 1.82) is 0 Å². The van der Waals surface area contributed by atoms with Gasteiger partial charge in [0.25, 0.3) is 0 Å². The Morgan fingerprint density at radius 3 is 2.27 bits per heavy atom. The zero-order valence-electron chi connectivity index (χ0n) is 9.83. The van der Waals surface area contributed by atoms with Crippen LogP contribution in [0.25, 0.3) is 0 Å². The van der Waals surface area contributed by atoms with E-state index in [0.717, 1.165) is 12.0 Å². The third-order valence-corrected chi connectivity index (χ3v) is 3.26. The average Bonchev–Trinajstić information content (AvgIpc) is 2.28. The summed E-state index contributed by atoms with van der Waals surface area (Å²) in [5, 5.41) is 10.3. The highest BCUT2D eigenvalue weighted by atomic mass is 16.3. The molecule has 0 aliphatic heterocycles. The highest BCUT2D eigenvalue weighted by Gasteiger charge is 2.29. The van der Waals surface area contributed by atoms with Gasteiger partial charge >= 0.3 is 0 Å². The Morgan fingerprint density at radius 1 is 1.33 bits per heavy atom. The van der Waals surface area contributed by atoms with Crippen molar-refractivity contribution < 1.29 is 5.11 Å². The molecule has 2 atom stereocenters. The van der Waals surface area contributed by atoms with Gasteiger partial charge in [-0.2, -0.15) is 0 Å². The molecule has 0 saturated heterocycles. The van der Waals surface area contributed by atoms with Gasteiger partial charge in [-0.1, -0.05) is 38.1 Å². The summed E-state index contributed by atoms with van der Waals surface area (Å²) >= 11 is 0. The van der Waals surface area contributed by atoms with Gasteiger partial charge in [-0.05, 0) is 31.0 Å². The molecule has 2 heteroatoms. The van der Waals surface area contributed by atoms with Gasteiger partial charge in [0, 0.05) is 5.92 Å². The summed E-state index contributed by atoms with van der Waals surface area (Å²) < 4.78 is 0. The normalized spacial score (nSPS) is 17.1. The van der Waals surface area contributed by atoms with Crippen LogP contribution in [-0.2, 0) is 12.0 Å². The largest absolute Gasteiger partial charge is 0.385 e. The van der Waals surface area contributed by atoms with Crippen molar-refractivity contribution in [3.63, 3.8) is 0 Å². The minimum atomic E-state index is -0.832. The molecule has 84 valence electrons. The Bertz CT molecular complexity index is 303. The van der Waals surface area contributed by atoms with Crippen LogP contribution >= 0.6 is 0 Å². The molecule has 0 aliphatic carbocycles. The van der Waals surface area contributed by atoms with Gasteiger partial charge in [-0.3, -0.25) is 0 Å². The maximum absolute atomic E-state index is 10.3. The summed E-state index contributed by atoms with van der Waals surface area (Å²) in [6, 6.07) is 8.11. The predicted octanol–water partition coefficient (Wildman–Crippen LogP) is 2.05. The molecule has 2 unspecified atom stereocenters. The van der Waals surface area contributed by atoms with E-state index in [0.29, 0.717) is 6.54 Å². The van der Waals surface area contributed by atoms with E-state index in [9.17, 15) is 5.11 Å². The smallest absolute Gasteiger partial charge is 0.0905 e. The van der Waals surface area contributed by atoms with Crippen molar-refractivity contribution in [1.82, 2.24) is 0 Å². The number of aliphatic hydroxyl groups is 1. The van der Waals surface area contributed by atoms with Crippen molar-refractivity contribution in [3.05, 3.63) is 35.4 Å². The van der Waals surface area contributed by atoms with Crippen molar-refractivity contribution in [3.8, 4) is 0 Å². The van der Waals surface area contributed by atoms with E-state index in [-0.39, 0.29) is 5.92 Å². The van der Waals surface area contributed by atoms with E-state index < -0.39 is 5.60 Å². The monoisotopic (exact) mass is 207 g/mol. The number of rotatable bonds is 4. The van der Waals surface area contributed by atoms with E-state index in [1.165, 1.54) is 5.56 Å². The van der Waals surface area contributed by atoms with Crippen molar-refractivity contribution >= 4 is 0 Å². The summed E-state index contributed by atoms with van der Waals surface area (Å²) in [6.45, 7) is 6.40. The van der Waals surface area contributed by atoms with Crippen molar-refractivity contribution in [2.24, 2.45) is 11.7 Å². The first-order valence-electron chi connectivity index (χ1n) is 5.54. The second-order valence-corrected chi connectivity index (χ2v) is 4.33. The van der Waals surface area contributed by atoms with Gasteiger partial charge < -0.3 is 10.8 Å². The fraction of sp³-hybridized carbons (Fsp3) is 0.538. The molecule has 0 fully saturated rings. The minimum absolute atomic E-state index is 0.0602. The molecule has 0 bridgehead atoms. The zero-order chi connectivity index (χ0) is 11.5. The molecule has 0 heterocycles. The lowest BCUT2D eigenvalue weighted by molar-refractivity contribution is 0.00518. The lowest BCUT2D eigenvalue weighted by atomic mass is 9.84. The van der Waals surface area contributed by atoms with Crippen LogP contribution in [0.15, 0.2) is 24.3 Å². The molecule has 2 nitrogen and oxygen atoms in total. The number of aryl methyl sites for hydroxylation is 1. The molecule has 1 rings (SSSR count). The Hall–Kier alpha value is -0.860. The van der Waals surface area contributed by atoms with Crippen LogP contribution in [0.5, 0.6) is 0 Å². The Kier molecular flexibility index (Phi) is 3.89. The fourth-order valence-corrected chi connectivity index (χ4v) is 1.59. The van der Waals surface area contributed by atoms with E-state index in [1.807, 2.05) is 26.0 Å². The topological polar surface area (TPSA) is 46.2 Å². The van der Waals surface area contributed by atoms with Gasteiger partial charge in [0.05, 0.1) is 5.60 Å². The van der Waals surface area contributed by atoms with Crippen LogP contribution in [0, 0.1) is 5.92 Å². The third-order valence-electron chi connectivity index (χ3n) is 3.26. The number of hydrogen-bond donors (Lipinski definition) is 2. The standard InChI is InChI=1S/C13H21NO/c1-4-11-5-7-12(8-6-11)13(3,15)10(2)9-14/h5-8,10,15H,4,9,14H2,1-3H3. The highest BCUT2D eigenvalue weighted by molar-refractivity contribution is 5.27. The fourth-order valence-electron chi connectivity index (χ4n) is 1.59. The molecular weight excluding hydrogens is 186 g/mol. The molecule has 0 spiro atoms. The first-order chi connectivity index (χ1) is 7.02. The van der Waals surface area contributed by atoms with E-state index in [1.54, 1.807) is 0 Å². The third kappa shape index (κ3) is 2.58. The summed E-state index contributed by atoms with van der Waals surface area (Å²) in [6.07, 6.45) is 1.02. The van der Waals surface area contributed by atoms with E-state index in [2.05, 4.69) is 19.1 Å². The molecular formula is C13H21NO. The maximum atomic E-state index is 10.3. The minimum Gasteiger partial charge on any atom is -0.385 e. The zero-order valence-corrected chi connectivity index (χ0v) is 9.83. The Labute approximate surface area is 92.1 Å². The summed E-state index contributed by atoms with van der Waals surface area (Å²) in [5.74, 6) is 0.0602. The van der Waals surface area contributed by atoms with Crippen LogP contribution in [0.1, 0.15) is 31.9 Å². The van der Waals surface area contributed by atoms with Gasteiger partial charge in [0.1, 0.15) is 0 Å². The number of nitrogens with two attached hydrogens (primary N) is 1. The quantitative estimate of drug-likeness (QED) is 0.793. The molecule has 0 amide bonds. The molecule has 0 radical (unpaired) electrons. The first kappa shape index (κ1) is 12.2.